The summed E-state index contributed by atoms with van der Waals surface area (Å²) in [6.07, 6.45) is 1.80. The Morgan fingerprint density at radius 1 is 1.04 bits per heavy atom. The van der Waals surface area contributed by atoms with E-state index in [1.54, 1.807) is 15.9 Å². The van der Waals surface area contributed by atoms with Gasteiger partial charge in [-0.25, -0.2) is 14.8 Å². The number of unbranched alkanes of at least 4 members (excludes halogenated alkanes) is 1. The van der Waals surface area contributed by atoms with Crippen molar-refractivity contribution in [3.63, 3.8) is 0 Å². The van der Waals surface area contributed by atoms with Gasteiger partial charge < -0.3 is 29.9 Å². The lowest BCUT2D eigenvalue weighted by molar-refractivity contribution is -0.139. The van der Waals surface area contributed by atoms with Gasteiger partial charge in [-0.3, -0.25) is 14.4 Å². The number of carboxylic acid groups (broad SMARTS) is 1. The van der Waals surface area contributed by atoms with Crippen molar-refractivity contribution >= 4 is 29.7 Å². The molecule has 2 aliphatic heterocycles. The van der Waals surface area contributed by atoms with Crippen LogP contribution >= 0.6 is 0 Å². The number of piperidine rings is 1. The number of aromatic amines is 1. The van der Waals surface area contributed by atoms with Gasteiger partial charge >= 0.3 is 12.1 Å². The Morgan fingerprint density at radius 3 is 2.43 bits per heavy atom. The number of carbonyl (C=O) groups excluding carboxylic acids is 3. The van der Waals surface area contributed by atoms with Gasteiger partial charge in [0.15, 0.2) is 11.6 Å². The number of nitrogens with one attached hydrogen (secondary N) is 2. The molecule has 248 valence electrons. The summed E-state index contributed by atoms with van der Waals surface area (Å²) >= 11 is 0. The molecule has 4 heterocycles. The average molecular weight is 647 g/mol. The number of anilines is 1. The first-order valence-corrected chi connectivity index (χ1v) is 16.0. The maximum Gasteiger partial charge on any atom is 0.409 e. The van der Waals surface area contributed by atoms with E-state index in [0.717, 1.165) is 12.8 Å². The van der Waals surface area contributed by atoms with E-state index in [0.29, 0.717) is 68.9 Å². The second-order valence-electron chi connectivity index (χ2n) is 12.1. The molecule has 3 aliphatic rings. The second-order valence-corrected chi connectivity index (χ2v) is 12.1. The van der Waals surface area contributed by atoms with Crippen LogP contribution in [0.2, 0.25) is 0 Å². The van der Waals surface area contributed by atoms with Crippen LogP contribution in [0.1, 0.15) is 42.5 Å². The molecular weight excluding hydrogens is 608 g/mol. The molecule has 47 heavy (non-hydrogen) atoms. The highest BCUT2D eigenvalue weighted by molar-refractivity contribution is 5.97. The molecule has 0 radical (unpaired) electrons. The van der Waals surface area contributed by atoms with Crippen molar-refractivity contribution in [3.05, 3.63) is 47.9 Å². The minimum Gasteiger partial charge on any atom is -0.481 e. The summed E-state index contributed by atoms with van der Waals surface area (Å²) < 4.78 is 5.32. The van der Waals surface area contributed by atoms with Crippen molar-refractivity contribution in [3.8, 4) is 11.4 Å². The number of ether oxygens (including phenoxy) is 1. The molecule has 1 saturated carbocycles. The molecule has 4 atom stereocenters. The summed E-state index contributed by atoms with van der Waals surface area (Å²) in [6.45, 7) is 4.65. The Morgan fingerprint density at radius 2 is 1.77 bits per heavy atom. The number of nitrogens with zero attached hydrogens (tertiary/aromatic N) is 8. The number of benzene rings is 1. The lowest BCUT2D eigenvalue weighted by Gasteiger charge is -2.36. The third kappa shape index (κ3) is 7.31. The van der Waals surface area contributed by atoms with Crippen molar-refractivity contribution in [2.45, 2.75) is 38.6 Å². The predicted octanol–water partition coefficient (Wildman–Crippen LogP) is 1.24. The Bertz CT molecular complexity index is 1570. The number of aromatic nitrogens is 6. The number of piperazine rings is 1. The molecule has 3 N–H and O–H groups in total. The number of hydrogen-bond donors (Lipinski definition) is 3. The van der Waals surface area contributed by atoms with Crippen LogP contribution in [0.4, 0.5) is 10.6 Å². The zero-order valence-electron chi connectivity index (χ0n) is 26.1. The molecule has 16 heteroatoms. The summed E-state index contributed by atoms with van der Waals surface area (Å²) in [5.74, 6) is -0.601. The molecule has 1 aliphatic carbocycles. The lowest BCUT2D eigenvalue weighted by atomic mass is 10.1. The quantitative estimate of drug-likeness (QED) is 0.238. The molecule has 3 amide bonds. The number of tetrazole rings is 1. The van der Waals surface area contributed by atoms with Gasteiger partial charge in [0.2, 0.25) is 5.91 Å². The van der Waals surface area contributed by atoms with Crippen molar-refractivity contribution in [2.75, 3.05) is 50.8 Å². The Labute approximate surface area is 270 Å². The first-order valence-electron chi connectivity index (χ1n) is 16.0. The highest BCUT2D eigenvalue weighted by Gasteiger charge is 2.60. The maximum absolute atomic E-state index is 13.8. The second kappa shape index (κ2) is 14.1. The van der Waals surface area contributed by atoms with E-state index in [9.17, 15) is 24.3 Å². The predicted molar refractivity (Wildman–Crippen MR) is 166 cm³/mol. The topological polar surface area (TPSA) is 200 Å². The van der Waals surface area contributed by atoms with Crippen molar-refractivity contribution in [2.24, 2.45) is 17.8 Å². The van der Waals surface area contributed by atoms with E-state index in [1.807, 2.05) is 42.2 Å². The van der Waals surface area contributed by atoms with Gasteiger partial charge in [0.05, 0.1) is 12.5 Å². The molecule has 16 nitrogen and oxygen atoms in total. The third-order valence-corrected chi connectivity index (χ3v) is 9.00. The SMILES string of the molecule is CCCCOC(=O)N1CCN(C(=O)[C@H](CCc2nn[nH]n2)NC(=O)c2cc(N3C[C@@H]4C(C(=O)O)[C@@H]4C3)nc(-c3ccccc3)n2)CC1. The highest BCUT2D eigenvalue weighted by atomic mass is 16.6. The van der Waals surface area contributed by atoms with Crippen molar-refractivity contribution < 1.29 is 29.0 Å². The Hall–Kier alpha value is -5.15. The molecule has 1 aromatic carbocycles. The van der Waals surface area contributed by atoms with E-state index < -0.39 is 24.0 Å². The fourth-order valence-corrected chi connectivity index (χ4v) is 6.29. The Kier molecular flexibility index (Phi) is 9.54. The largest absolute Gasteiger partial charge is 0.481 e. The summed E-state index contributed by atoms with van der Waals surface area (Å²) in [5, 5.41) is 26.3. The van der Waals surface area contributed by atoms with Gasteiger partial charge in [-0.2, -0.15) is 5.21 Å². The molecular formula is C31H38N10O6. The van der Waals surface area contributed by atoms with Gasteiger partial charge in [-0.15, -0.1) is 10.2 Å². The number of H-pyrrole nitrogens is 1. The van der Waals surface area contributed by atoms with Crippen LogP contribution in [0.25, 0.3) is 11.4 Å². The smallest absolute Gasteiger partial charge is 0.409 e. The summed E-state index contributed by atoms with van der Waals surface area (Å²) in [7, 11) is 0. The molecule has 2 saturated heterocycles. The van der Waals surface area contributed by atoms with Gasteiger partial charge in [0, 0.05) is 57.3 Å². The first-order chi connectivity index (χ1) is 22.8. The molecule has 3 fully saturated rings. The van der Waals surface area contributed by atoms with Crippen LogP contribution in [-0.2, 0) is 20.7 Å². The number of aliphatic carboxylic acids is 1. The minimum absolute atomic E-state index is 0.0470. The van der Waals surface area contributed by atoms with E-state index in [2.05, 4.69) is 30.9 Å². The Balaban J connectivity index is 1.18. The minimum atomic E-state index is -0.932. The van der Waals surface area contributed by atoms with Crippen LogP contribution in [0.3, 0.4) is 0 Å². The number of aryl methyl sites for hydroxylation is 1. The number of rotatable bonds is 12. The van der Waals surface area contributed by atoms with E-state index in [1.165, 1.54) is 0 Å². The van der Waals surface area contributed by atoms with E-state index in [4.69, 9.17) is 9.72 Å². The van der Waals surface area contributed by atoms with Gasteiger partial charge in [0.1, 0.15) is 17.6 Å². The number of hydrogen-bond acceptors (Lipinski definition) is 11. The highest BCUT2D eigenvalue weighted by Crippen LogP contribution is 2.52. The number of amides is 3. The zero-order valence-corrected chi connectivity index (χ0v) is 26.1. The third-order valence-electron chi connectivity index (χ3n) is 9.00. The molecule has 2 aromatic heterocycles. The molecule has 0 bridgehead atoms. The maximum atomic E-state index is 13.8. The average Bonchev–Trinajstić information content (AvgIpc) is 3.39. The molecule has 1 unspecified atom stereocenters. The monoisotopic (exact) mass is 646 g/mol. The van der Waals surface area contributed by atoms with Crippen LogP contribution in [-0.4, -0.2) is 121 Å². The summed E-state index contributed by atoms with van der Waals surface area (Å²) in [5.41, 5.74) is 0.799. The normalized spacial score (nSPS) is 20.8. The van der Waals surface area contributed by atoms with Crippen LogP contribution < -0.4 is 10.2 Å². The standard InChI is InChI=1S/C31H38N10O6/c1-2-3-15-47-31(46)40-13-11-39(12-14-40)29(43)22(9-10-24-35-37-38-36-24)33-28(42)23-16-25(34-27(32-23)19-7-5-4-6-8-19)41-17-20-21(18-41)26(20)30(44)45/h4-8,16,20-22,26H,2-3,9-15,17-18H2,1H3,(H,33,42)(H,44,45)(H,35,36,37,38)/t20-,21+,22-,26?/m0/s1. The van der Waals surface area contributed by atoms with E-state index >= 15 is 0 Å². The zero-order chi connectivity index (χ0) is 32.9. The molecule has 0 spiro atoms. The summed E-state index contributed by atoms with van der Waals surface area (Å²) in [6, 6.07) is 9.93. The molecule has 3 aromatic rings. The van der Waals surface area contributed by atoms with Gasteiger partial charge in [0.25, 0.3) is 5.91 Å². The lowest BCUT2D eigenvalue weighted by Crippen LogP contribution is -2.56. The number of carbonyl (C=O) groups is 4. The first kappa shape index (κ1) is 31.8. The summed E-state index contributed by atoms with van der Waals surface area (Å²) in [4.78, 5) is 66.1. The fourth-order valence-electron chi connectivity index (χ4n) is 6.29. The van der Waals surface area contributed by atoms with Gasteiger partial charge in [-0.1, -0.05) is 48.9 Å². The fraction of sp³-hybridized carbons (Fsp3) is 0.516. The van der Waals surface area contributed by atoms with Gasteiger partial charge in [-0.05, 0) is 24.7 Å². The van der Waals surface area contributed by atoms with Crippen molar-refractivity contribution in [1.29, 1.82) is 0 Å². The van der Waals surface area contributed by atoms with Crippen LogP contribution in [0.5, 0.6) is 0 Å². The number of fused-ring (bicyclic) bond motifs is 1. The molecule has 6 rings (SSSR count). The number of carboxylic acids is 1. The van der Waals surface area contributed by atoms with Crippen LogP contribution in [0.15, 0.2) is 36.4 Å². The van der Waals surface area contributed by atoms with Crippen LogP contribution in [0, 0.1) is 17.8 Å². The van der Waals surface area contributed by atoms with Crippen molar-refractivity contribution in [1.82, 2.24) is 45.7 Å². The van der Waals surface area contributed by atoms with E-state index in [-0.39, 0.29) is 42.2 Å².